The van der Waals surface area contributed by atoms with Crippen LogP contribution in [0.15, 0.2) is 48.5 Å². The number of aliphatic hydroxyl groups excluding tert-OH is 1. The van der Waals surface area contributed by atoms with Crippen molar-refractivity contribution in [2.24, 2.45) is 5.92 Å². The average Bonchev–Trinajstić information content (AvgIpc) is 2.57. The Labute approximate surface area is 136 Å². The number of rotatable bonds is 7. The van der Waals surface area contributed by atoms with Gasteiger partial charge in [-0.2, -0.15) is 0 Å². The van der Waals surface area contributed by atoms with Gasteiger partial charge >= 0.3 is 0 Å². The van der Waals surface area contributed by atoms with E-state index in [2.05, 4.69) is 5.32 Å². The van der Waals surface area contributed by atoms with Gasteiger partial charge in [0.05, 0.1) is 6.61 Å². The highest BCUT2D eigenvalue weighted by atomic mass is 19.1. The van der Waals surface area contributed by atoms with Crippen molar-refractivity contribution in [3.8, 4) is 0 Å². The molecule has 1 unspecified atom stereocenters. The topological polar surface area (TPSA) is 49.3 Å². The lowest BCUT2D eigenvalue weighted by molar-refractivity contribution is -0.124. The van der Waals surface area contributed by atoms with Crippen LogP contribution in [0.5, 0.6) is 0 Å². The van der Waals surface area contributed by atoms with Crippen molar-refractivity contribution >= 4 is 5.91 Å². The Morgan fingerprint density at radius 3 is 2.61 bits per heavy atom. The maximum Gasteiger partial charge on any atom is 0.223 e. The van der Waals surface area contributed by atoms with Crippen molar-refractivity contribution in [3.05, 3.63) is 71.0 Å². The Bertz CT molecular complexity index is 657. The van der Waals surface area contributed by atoms with Gasteiger partial charge in [0.2, 0.25) is 5.91 Å². The fourth-order valence-electron chi connectivity index (χ4n) is 2.45. The molecule has 2 N–H and O–H groups in total. The van der Waals surface area contributed by atoms with Crippen LogP contribution in [0.25, 0.3) is 0 Å². The van der Waals surface area contributed by atoms with E-state index in [1.165, 1.54) is 12.1 Å². The van der Waals surface area contributed by atoms with Crippen molar-refractivity contribution in [1.29, 1.82) is 0 Å². The number of nitrogens with one attached hydrogen (secondary N) is 1. The first-order valence-corrected chi connectivity index (χ1v) is 7.80. The molecular formula is C19H22FNO2. The van der Waals surface area contributed by atoms with Crippen LogP contribution in [-0.2, 0) is 24.4 Å². The number of aryl methyl sites for hydroxylation is 1. The SMILES string of the molecule is CC(CCc1cccc(F)c1)C(=O)NCc1ccccc1CO. The molecule has 0 heterocycles. The van der Waals surface area contributed by atoms with Gasteiger partial charge < -0.3 is 10.4 Å². The Morgan fingerprint density at radius 2 is 1.91 bits per heavy atom. The number of amides is 1. The van der Waals surface area contributed by atoms with Gasteiger partial charge in [0, 0.05) is 12.5 Å². The van der Waals surface area contributed by atoms with Crippen molar-refractivity contribution in [2.75, 3.05) is 0 Å². The molecule has 122 valence electrons. The van der Waals surface area contributed by atoms with E-state index in [-0.39, 0.29) is 24.2 Å². The summed E-state index contributed by atoms with van der Waals surface area (Å²) in [6.07, 6.45) is 1.33. The average molecular weight is 315 g/mol. The van der Waals surface area contributed by atoms with E-state index in [1.807, 2.05) is 37.3 Å². The molecule has 0 aromatic heterocycles. The van der Waals surface area contributed by atoms with E-state index in [1.54, 1.807) is 6.07 Å². The number of carbonyl (C=O) groups is 1. The highest BCUT2D eigenvalue weighted by Crippen LogP contribution is 2.12. The van der Waals surface area contributed by atoms with E-state index in [4.69, 9.17) is 0 Å². The summed E-state index contributed by atoms with van der Waals surface area (Å²) in [5.41, 5.74) is 2.64. The third-order valence-electron chi connectivity index (χ3n) is 3.94. The first kappa shape index (κ1) is 17.2. The van der Waals surface area contributed by atoms with Crippen LogP contribution < -0.4 is 5.32 Å². The van der Waals surface area contributed by atoms with Crippen LogP contribution in [0.2, 0.25) is 0 Å². The summed E-state index contributed by atoms with van der Waals surface area (Å²) in [5.74, 6) is -0.436. The second-order valence-corrected chi connectivity index (χ2v) is 5.71. The fraction of sp³-hybridized carbons (Fsp3) is 0.316. The predicted molar refractivity (Wildman–Crippen MR) is 88.1 cm³/mol. The van der Waals surface area contributed by atoms with Crippen molar-refractivity contribution in [1.82, 2.24) is 5.32 Å². The van der Waals surface area contributed by atoms with Crippen LogP contribution in [0.3, 0.4) is 0 Å². The van der Waals surface area contributed by atoms with Gasteiger partial charge in [-0.25, -0.2) is 4.39 Å². The summed E-state index contributed by atoms with van der Waals surface area (Å²) >= 11 is 0. The third-order valence-corrected chi connectivity index (χ3v) is 3.94. The number of carbonyl (C=O) groups excluding carboxylic acids is 1. The smallest absolute Gasteiger partial charge is 0.223 e. The summed E-state index contributed by atoms with van der Waals surface area (Å²) in [5, 5.41) is 12.2. The Morgan fingerprint density at radius 1 is 1.17 bits per heavy atom. The van der Waals surface area contributed by atoms with Gasteiger partial charge in [-0.05, 0) is 41.7 Å². The van der Waals surface area contributed by atoms with Gasteiger partial charge in [0.25, 0.3) is 0 Å². The third kappa shape index (κ3) is 5.18. The zero-order valence-corrected chi connectivity index (χ0v) is 13.3. The summed E-state index contributed by atoms with van der Waals surface area (Å²) in [7, 11) is 0. The lowest BCUT2D eigenvalue weighted by Gasteiger charge is -2.13. The minimum absolute atomic E-state index is 0.0332. The van der Waals surface area contributed by atoms with E-state index in [0.29, 0.717) is 19.4 Å². The van der Waals surface area contributed by atoms with Crippen LogP contribution in [0.1, 0.15) is 30.0 Å². The van der Waals surface area contributed by atoms with Crippen LogP contribution in [-0.4, -0.2) is 11.0 Å². The molecule has 1 amide bonds. The predicted octanol–water partition coefficient (Wildman–Crippen LogP) is 3.20. The molecule has 0 saturated carbocycles. The maximum absolute atomic E-state index is 13.1. The molecule has 4 heteroatoms. The van der Waals surface area contributed by atoms with Crippen LogP contribution in [0, 0.1) is 11.7 Å². The largest absolute Gasteiger partial charge is 0.392 e. The van der Waals surface area contributed by atoms with E-state index >= 15 is 0 Å². The second kappa shape index (κ2) is 8.44. The van der Waals surface area contributed by atoms with Crippen LogP contribution >= 0.6 is 0 Å². The zero-order valence-electron chi connectivity index (χ0n) is 13.3. The van der Waals surface area contributed by atoms with Gasteiger partial charge in [0.1, 0.15) is 5.82 Å². The zero-order chi connectivity index (χ0) is 16.7. The minimum atomic E-state index is -0.250. The molecule has 23 heavy (non-hydrogen) atoms. The molecule has 3 nitrogen and oxygen atoms in total. The molecule has 0 aliphatic heterocycles. The fourth-order valence-corrected chi connectivity index (χ4v) is 2.45. The highest BCUT2D eigenvalue weighted by molar-refractivity contribution is 5.78. The van der Waals surface area contributed by atoms with Gasteiger partial charge in [0.15, 0.2) is 0 Å². The van der Waals surface area contributed by atoms with E-state index < -0.39 is 0 Å². The quantitative estimate of drug-likeness (QED) is 0.824. The lowest BCUT2D eigenvalue weighted by atomic mass is 10.00. The van der Waals surface area contributed by atoms with Gasteiger partial charge in [-0.15, -0.1) is 0 Å². The van der Waals surface area contributed by atoms with Gasteiger partial charge in [-0.1, -0.05) is 43.3 Å². The molecule has 2 aromatic rings. The van der Waals surface area contributed by atoms with E-state index in [9.17, 15) is 14.3 Å². The molecule has 0 bridgehead atoms. The molecule has 0 spiro atoms. The normalized spacial score (nSPS) is 12.0. The molecule has 0 aliphatic carbocycles. The standard InChI is InChI=1S/C19H22FNO2/c1-14(9-10-15-5-4-8-18(20)11-15)19(23)21-12-16-6-2-3-7-17(16)13-22/h2-8,11,14,22H,9-10,12-13H2,1H3,(H,21,23). The number of benzene rings is 2. The molecule has 0 saturated heterocycles. The van der Waals surface area contributed by atoms with Crippen molar-refractivity contribution in [2.45, 2.75) is 32.9 Å². The van der Waals surface area contributed by atoms with Gasteiger partial charge in [-0.3, -0.25) is 4.79 Å². The molecule has 0 radical (unpaired) electrons. The second-order valence-electron chi connectivity index (χ2n) is 5.71. The monoisotopic (exact) mass is 315 g/mol. The number of hydrogen-bond donors (Lipinski definition) is 2. The molecule has 2 rings (SSSR count). The van der Waals surface area contributed by atoms with Crippen LogP contribution in [0.4, 0.5) is 4.39 Å². The summed E-state index contributed by atoms with van der Waals surface area (Å²) in [6, 6.07) is 13.9. The molecule has 1 atom stereocenters. The highest BCUT2D eigenvalue weighted by Gasteiger charge is 2.13. The first-order chi connectivity index (χ1) is 11.1. The molecular weight excluding hydrogens is 293 g/mol. The van der Waals surface area contributed by atoms with Crippen molar-refractivity contribution in [3.63, 3.8) is 0 Å². The van der Waals surface area contributed by atoms with E-state index in [0.717, 1.165) is 16.7 Å². The number of halogens is 1. The Balaban J connectivity index is 1.83. The molecule has 0 fully saturated rings. The summed E-state index contributed by atoms with van der Waals surface area (Å²) < 4.78 is 13.1. The Kier molecular flexibility index (Phi) is 6.29. The minimum Gasteiger partial charge on any atom is -0.392 e. The molecule has 2 aromatic carbocycles. The Hall–Kier alpha value is -2.20. The lowest BCUT2D eigenvalue weighted by Crippen LogP contribution is -2.29. The number of aliphatic hydroxyl groups is 1. The maximum atomic E-state index is 13.1. The summed E-state index contributed by atoms with van der Waals surface area (Å²) in [6.45, 7) is 2.23. The molecule has 0 aliphatic rings. The van der Waals surface area contributed by atoms with Crippen molar-refractivity contribution < 1.29 is 14.3 Å². The summed E-state index contributed by atoms with van der Waals surface area (Å²) in [4.78, 5) is 12.2. The first-order valence-electron chi connectivity index (χ1n) is 7.80. The number of hydrogen-bond acceptors (Lipinski definition) is 2.